The van der Waals surface area contributed by atoms with E-state index in [0.29, 0.717) is 18.5 Å². The van der Waals surface area contributed by atoms with Gasteiger partial charge in [0.1, 0.15) is 18.0 Å². The van der Waals surface area contributed by atoms with Crippen molar-refractivity contribution in [3.05, 3.63) is 41.7 Å². The van der Waals surface area contributed by atoms with Gasteiger partial charge in [0.15, 0.2) is 0 Å². The predicted octanol–water partition coefficient (Wildman–Crippen LogP) is 0.620. The number of amides is 1. The molecule has 0 atom stereocenters. The molecule has 0 aliphatic heterocycles. The van der Waals surface area contributed by atoms with Crippen LogP contribution in [0.25, 0.3) is 0 Å². The molecule has 0 aliphatic rings. The topological polar surface area (TPSA) is 106 Å². The van der Waals surface area contributed by atoms with Gasteiger partial charge < -0.3 is 15.2 Å². The number of aromatic nitrogens is 3. The molecular weight excluding hydrogens is 300 g/mol. The van der Waals surface area contributed by atoms with Crippen LogP contribution in [0.3, 0.4) is 0 Å². The second kappa shape index (κ2) is 7.92. The minimum absolute atomic E-state index is 0.111. The van der Waals surface area contributed by atoms with Crippen LogP contribution >= 0.6 is 0 Å². The first-order chi connectivity index (χ1) is 11.1. The average molecular weight is 318 g/mol. The summed E-state index contributed by atoms with van der Waals surface area (Å²) in [7, 11) is 1.60. The number of ether oxygens (including phenoxy) is 1. The van der Waals surface area contributed by atoms with Crippen LogP contribution < -0.4 is 10.1 Å². The minimum atomic E-state index is -0.997. The van der Waals surface area contributed by atoms with Gasteiger partial charge in [0.05, 0.1) is 19.9 Å². The number of hydrogen-bond donors (Lipinski definition) is 2. The molecule has 8 heteroatoms. The molecule has 1 amide bonds. The van der Waals surface area contributed by atoms with E-state index >= 15 is 0 Å². The third kappa shape index (κ3) is 5.42. The Labute approximate surface area is 133 Å². The summed E-state index contributed by atoms with van der Waals surface area (Å²) in [5.41, 5.74) is 1.54. The first-order valence-electron chi connectivity index (χ1n) is 7.07. The summed E-state index contributed by atoms with van der Waals surface area (Å²) in [4.78, 5) is 22.4. The summed E-state index contributed by atoms with van der Waals surface area (Å²) >= 11 is 0. The molecule has 0 fully saturated rings. The molecule has 0 saturated heterocycles. The number of carboxylic acid groups (broad SMARTS) is 1. The number of nitrogens with one attached hydrogen (secondary N) is 1. The molecule has 2 N–H and O–H groups in total. The van der Waals surface area contributed by atoms with Crippen molar-refractivity contribution in [2.75, 3.05) is 7.11 Å². The number of carbonyl (C=O) groups is 2. The van der Waals surface area contributed by atoms with Gasteiger partial charge >= 0.3 is 5.97 Å². The van der Waals surface area contributed by atoms with Crippen molar-refractivity contribution in [1.29, 1.82) is 0 Å². The lowest BCUT2D eigenvalue weighted by Gasteiger charge is -2.05. The zero-order valence-electron chi connectivity index (χ0n) is 12.7. The molecule has 8 nitrogen and oxygen atoms in total. The van der Waals surface area contributed by atoms with Gasteiger partial charge in [-0.2, -0.15) is 0 Å². The molecule has 1 aromatic carbocycles. The molecule has 23 heavy (non-hydrogen) atoms. The van der Waals surface area contributed by atoms with E-state index < -0.39 is 5.97 Å². The number of rotatable bonds is 8. The van der Waals surface area contributed by atoms with Crippen LogP contribution in [0.4, 0.5) is 0 Å². The standard InChI is InChI=1S/C15H18N4O4/c1-23-13-4-2-3-11(7-13)5-6-14(20)16-8-12-9-19(18-17-12)10-15(21)22/h2-4,7,9H,5-6,8,10H2,1H3,(H,16,20)(H,21,22). The number of benzene rings is 1. The minimum Gasteiger partial charge on any atom is -0.497 e. The van der Waals surface area contributed by atoms with Crippen LogP contribution in [0, 0.1) is 0 Å². The summed E-state index contributed by atoms with van der Waals surface area (Å²) in [5, 5.41) is 18.8. The Morgan fingerprint density at radius 3 is 2.96 bits per heavy atom. The highest BCUT2D eigenvalue weighted by Gasteiger charge is 2.07. The normalized spacial score (nSPS) is 10.3. The van der Waals surface area contributed by atoms with E-state index in [9.17, 15) is 9.59 Å². The summed E-state index contributed by atoms with van der Waals surface area (Å²) in [6, 6.07) is 7.56. The lowest BCUT2D eigenvalue weighted by Crippen LogP contribution is -2.23. The number of hydrogen-bond acceptors (Lipinski definition) is 5. The zero-order valence-corrected chi connectivity index (χ0v) is 12.7. The Hall–Kier alpha value is -2.90. The van der Waals surface area contributed by atoms with Gasteiger partial charge in [-0.15, -0.1) is 5.10 Å². The molecule has 122 valence electrons. The molecule has 0 spiro atoms. The number of aryl methyl sites for hydroxylation is 1. The monoisotopic (exact) mass is 318 g/mol. The van der Waals surface area contributed by atoms with Crippen LogP contribution in [0.1, 0.15) is 17.7 Å². The largest absolute Gasteiger partial charge is 0.497 e. The zero-order chi connectivity index (χ0) is 16.7. The van der Waals surface area contributed by atoms with Crippen LogP contribution in [0.5, 0.6) is 5.75 Å². The molecule has 2 rings (SSSR count). The van der Waals surface area contributed by atoms with Gasteiger partial charge in [-0.25, -0.2) is 4.68 Å². The highest BCUT2D eigenvalue weighted by molar-refractivity contribution is 5.76. The third-order valence-corrected chi connectivity index (χ3v) is 3.12. The van der Waals surface area contributed by atoms with Crippen LogP contribution in [0.2, 0.25) is 0 Å². The van der Waals surface area contributed by atoms with Gasteiger partial charge in [0.25, 0.3) is 0 Å². The van der Waals surface area contributed by atoms with E-state index in [1.54, 1.807) is 7.11 Å². The van der Waals surface area contributed by atoms with E-state index in [4.69, 9.17) is 9.84 Å². The van der Waals surface area contributed by atoms with Crippen molar-refractivity contribution in [3.63, 3.8) is 0 Å². The first kappa shape index (κ1) is 16.5. The Balaban J connectivity index is 1.76. The number of carbonyl (C=O) groups excluding carboxylic acids is 1. The third-order valence-electron chi connectivity index (χ3n) is 3.12. The average Bonchev–Trinajstić information content (AvgIpc) is 2.98. The van der Waals surface area contributed by atoms with Crippen molar-refractivity contribution in [1.82, 2.24) is 20.3 Å². The second-order valence-corrected chi connectivity index (χ2v) is 4.93. The molecule has 0 radical (unpaired) electrons. The second-order valence-electron chi connectivity index (χ2n) is 4.93. The van der Waals surface area contributed by atoms with Gasteiger partial charge in [-0.3, -0.25) is 9.59 Å². The maximum absolute atomic E-state index is 11.8. The SMILES string of the molecule is COc1cccc(CCC(=O)NCc2cn(CC(=O)O)nn2)c1. The summed E-state index contributed by atoms with van der Waals surface area (Å²) in [5.74, 6) is -0.345. The van der Waals surface area contributed by atoms with Gasteiger partial charge in [-0.1, -0.05) is 17.3 Å². The summed E-state index contributed by atoms with van der Waals surface area (Å²) in [6.45, 7) is -0.0344. The smallest absolute Gasteiger partial charge is 0.325 e. The molecule has 1 aromatic heterocycles. The number of carboxylic acids is 1. The molecule has 2 aromatic rings. The number of methoxy groups -OCH3 is 1. The van der Waals surface area contributed by atoms with Gasteiger partial charge in [0.2, 0.25) is 5.91 Å². The van der Waals surface area contributed by atoms with Crippen molar-refractivity contribution in [2.24, 2.45) is 0 Å². The highest BCUT2D eigenvalue weighted by atomic mass is 16.5. The Kier molecular flexibility index (Phi) is 5.67. The molecule has 0 bridgehead atoms. The van der Waals surface area contributed by atoms with E-state index in [1.165, 1.54) is 10.9 Å². The number of aliphatic carboxylic acids is 1. The van der Waals surface area contributed by atoms with E-state index in [2.05, 4.69) is 15.6 Å². The van der Waals surface area contributed by atoms with Crippen molar-refractivity contribution in [2.45, 2.75) is 25.9 Å². The molecule has 1 heterocycles. The van der Waals surface area contributed by atoms with Crippen molar-refractivity contribution >= 4 is 11.9 Å². The van der Waals surface area contributed by atoms with Crippen LogP contribution in [-0.2, 0) is 29.1 Å². The maximum atomic E-state index is 11.8. The fraction of sp³-hybridized carbons (Fsp3) is 0.333. The lowest BCUT2D eigenvalue weighted by atomic mass is 10.1. The summed E-state index contributed by atoms with van der Waals surface area (Å²) < 4.78 is 6.35. The quantitative estimate of drug-likeness (QED) is 0.739. The van der Waals surface area contributed by atoms with Crippen molar-refractivity contribution in [3.8, 4) is 5.75 Å². The predicted molar refractivity (Wildman–Crippen MR) is 80.8 cm³/mol. The Morgan fingerprint density at radius 1 is 1.39 bits per heavy atom. The maximum Gasteiger partial charge on any atom is 0.325 e. The summed E-state index contributed by atoms with van der Waals surface area (Å²) in [6.07, 6.45) is 2.45. The molecular formula is C15H18N4O4. The fourth-order valence-electron chi connectivity index (χ4n) is 2.00. The van der Waals surface area contributed by atoms with Gasteiger partial charge in [-0.05, 0) is 24.1 Å². The van der Waals surface area contributed by atoms with Gasteiger partial charge in [0, 0.05) is 6.42 Å². The van der Waals surface area contributed by atoms with E-state index in [0.717, 1.165) is 11.3 Å². The molecule has 0 aliphatic carbocycles. The fourth-order valence-corrected chi connectivity index (χ4v) is 2.00. The van der Waals surface area contributed by atoms with Crippen LogP contribution in [0.15, 0.2) is 30.5 Å². The Morgan fingerprint density at radius 2 is 2.22 bits per heavy atom. The first-order valence-corrected chi connectivity index (χ1v) is 7.07. The van der Waals surface area contributed by atoms with E-state index in [-0.39, 0.29) is 19.0 Å². The van der Waals surface area contributed by atoms with Crippen molar-refractivity contribution < 1.29 is 19.4 Å². The van der Waals surface area contributed by atoms with Crippen LogP contribution in [-0.4, -0.2) is 39.1 Å². The van der Waals surface area contributed by atoms with E-state index in [1.807, 2.05) is 24.3 Å². The lowest BCUT2D eigenvalue weighted by molar-refractivity contribution is -0.138. The number of nitrogens with zero attached hydrogens (tertiary/aromatic N) is 3. The molecule has 0 saturated carbocycles. The highest BCUT2D eigenvalue weighted by Crippen LogP contribution is 2.13. The Bertz CT molecular complexity index is 684. The molecule has 0 unspecified atom stereocenters.